The Balaban J connectivity index is 1.78. The standard InChI is InChI=1S/C16H14F3N3O/c17-16(18,19)11-4-1-2-5-14(11)22-15(23)21-13-7-3-6-12-10(13)8-9-20-12/h1-7,20H,8-9H2,(H2,21,22,23). The monoisotopic (exact) mass is 321 g/mol. The molecule has 3 N–H and O–H groups in total. The van der Waals surface area contributed by atoms with Crippen LogP contribution in [0.1, 0.15) is 11.1 Å². The van der Waals surface area contributed by atoms with Crippen LogP contribution in [0, 0.1) is 0 Å². The van der Waals surface area contributed by atoms with Crippen molar-refractivity contribution in [2.45, 2.75) is 12.6 Å². The number of carbonyl (C=O) groups is 1. The average molecular weight is 321 g/mol. The lowest BCUT2D eigenvalue weighted by atomic mass is 10.1. The maximum absolute atomic E-state index is 12.9. The van der Waals surface area contributed by atoms with E-state index >= 15 is 0 Å². The first-order valence-electron chi connectivity index (χ1n) is 7.05. The predicted octanol–water partition coefficient (Wildman–Crippen LogP) is 4.32. The average Bonchev–Trinajstić information content (AvgIpc) is 2.96. The largest absolute Gasteiger partial charge is 0.418 e. The smallest absolute Gasteiger partial charge is 0.384 e. The summed E-state index contributed by atoms with van der Waals surface area (Å²) < 4.78 is 38.8. The molecule has 0 saturated carbocycles. The first-order valence-corrected chi connectivity index (χ1v) is 7.05. The molecular weight excluding hydrogens is 307 g/mol. The number of anilines is 3. The molecule has 23 heavy (non-hydrogen) atoms. The number of halogens is 3. The van der Waals surface area contributed by atoms with E-state index in [9.17, 15) is 18.0 Å². The van der Waals surface area contributed by atoms with Gasteiger partial charge in [0.2, 0.25) is 0 Å². The number of para-hydroxylation sites is 1. The third-order valence-electron chi connectivity index (χ3n) is 3.60. The molecular formula is C16H14F3N3O. The Hall–Kier alpha value is -2.70. The molecule has 1 aliphatic heterocycles. The lowest BCUT2D eigenvalue weighted by Crippen LogP contribution is -2.22. The van der Waals surface area contributed by atoms with Gasteiger partial charge >= 0.3 is 12.2 Å². The third-order valence-corrected chi connectivity index (χ3v) is 3.60. The van der Waals surface area contributed by atoms with Gasteiger partial charge in [-0.3, -0.25) is 0 Å². The zero-order chi connectivity index (χ0) is 16.4. The minimum Gasteiger partial charge on any atom is -0.384 e. The molecule has 3 rings (SSSR count). The quantitative estimate of drug-likeness (QED) is 0.772. The summed E-state index contributed by atoms with van der Waals surface area (Å²) in [5.74, 6) is 0. The summed E-state index contributed by atoms with van der Waals surface area (Å²) in [5, 5.41) is 8.05. The van der Waals surface area contributed by atoms with Crippen molar-refractivity contribution in [3.05, 3.63) is 53.6 Å². The molecule has 4 nitrogen and oxygen atoms in total. The molecule has 7 heteroatoms. The minimum absolute atomic E-state index is 0.275. The zero-order valence-electron chi connectivity index (χ0n) is 12.0. The van der Waals surface area contributed by atoms with Crippen LogP contribution in [0.4, 0.5) is 35.0 Å². The molecule has 120 valence electrons. The molecule has 0 radical (unpaired) electrons. The second-order valence-corrected chi connectivity index (χ2v) is 5.13. The lowest BCUT2D eigenvalue weighted by molar-refractivity contribution is -0.136. The Morgan fingerprint density at radius 1 is 1.00 bits per heavy atom. The van der Waals surface area contributed by atoms with Crippen molar-refractivity contribution in [1.82, 2.24) is 0 Å². The van der Waals surface area contributed by atoms with Crippen LogP contribution in [0.15, 0.2) is 42.5 Å². The van der Waals surface area contributed by atoms with Gasteiger partial charge < -0.3 is 16.0 Å². The van der Waals surface area contributed by atoms with Gasteiger partial charge in [-0.2, -0.15) is 13.2 Å². The van der Waals surface area contributed by atoms with Crippen LogP contribution >= 0.6 is 0 Å². The van der Waals surface area contributed by atoms with E-state index < -0.39 is 17.8 Å². The van der Waals surface area contributed by atoms with Crippen LogP contribution in [-0.2, 0) is 12.6 Å². The fourth-order valence-electron chi connectivity index (χ4n) is 2.58. The van der Waals surface area contributed by atoms with E-state index in [-0.39, 0.29) is 5.69 Å². The molecule has 0 aromatic heterocycles. The molecule has 0 atom stereocenters. The highest BCUT2D eigenvalue weighted by Gasteiger charge is 2.33. The fraction of sp³-hybridized carbons (Fsp3) is 0.188. The van der Waals surface area contributed by atoms with Gasteiger partial charge in [0.1, 0.15) is 0 Å². The van der Waals surface area contributed by atoms with Gasteiger partial charge in [0.15, 0.2) is 0 Å². The summed E-state index contributed by atoms with van der Waals surface area (Å²) in [4.78, 5) is 12.1. The fourth-order valence-corrected chi connectivity index (χ4v) is 2.58. The minimum atomic E-state index is -4.53. The molecule has 0 fully saturated rings. The van der Waals surface area contributed by atoms with E-state index in [4.69, 9.17) is 0 Å². The van der Waals surface area contributed by atoms with Crippen LogP contribution in [0.25, 0.3) is 0 Å². The topological polar surface area (TPSA) is 53.2 Å². The number of amides is 2. The number of alkyl halides is 3. The van der Waals surface area contributed by atoms with Crippen molar-refractivity contribution >= 4 is 23.1 Å². The van der Waals surface area contributed by atoms with Crippen molar-refractivity contribution in [2.24, 2.45) is 0 Å². The summed E-state index contributed by atoms with van der Waals surface area (Å²) in [5.41, 5.74) is 1.32. The van der Waals surface area contributed by atoms with E-state index in [0.29, 0.717) is 5.69 Å². The van der Waals surface area contributed by atoms with Gasteiger partial charge in [0.05, 0.1) is 11.3 Å². The SMILES string of the molecule is O=C(Nc1ccccc1C(F)(F)F)Nc1cccc2c1CCN2. The van der Waals surface area contributed by atoms with Crippen molar-refractivity contribution in [3.8, 4) is 0 Å². The molecule has 0 aliphatic carbocycles. The Kier molecular flexibility index (Phi) is 3.85. The molecule has 0 bridgehead atoms. The van der Waals surface area contributed by atoms with Crippen LogP contribution in [0.5, 0.6) is 0 Å². The van der Waals surface area contributed by atoms with E-state index in [1.165, 1.54) is 18.2 Å². The summed E-state index contributed by atoms with van der Waals surface area (Å²) >= 11 is 0. The second-order valence-electron chi connectivity index (χ2n) is 5.13. The van der Waals surface area contributed by atoms with E-state index in [1.54, 1.807) is 12.1 Å². The van der Waals surface area contributed by atoms with Crippen molar-refractivity contribution in [1.29, 1.82) is 0 Å². The van der Waals surface area contributed by atoms with E-state index in [0.717, 1.165) is 30.3 Å². The maximum atomic E-state index is 12.9. The Bertz CT molecular complexity index is 744. The van der Waals surface area contributed by atoms with Gasteiger partial charge in [-0.1, -0.05) is 18.2 Å². The number of fused-ring (bicyclic) bond motifs is 1. The number of nitrogens with one attached hydrogen (secondary N) is 3. The number of urea groups is 1. The molecule has 2 amide bonds. The zero-order valence-corrected chi connectivity index (χ0v) is 12.0. The third kappa shape index (κ3) is 3.23. The van der Waals surface area contributed by atoms with Crippen LogP contribution in [-0.4, -0.2) is 12.6 Å². The number of carbonyl (C=O) groups excluding carboxylic acids is 1. The summed E-state index contributed by atoms with van der Waals surface area (Å²) in [6, 6.07) is 9.56. The van der Waals surface area contributed by atoms with Gasteiger partial charge in [0.25, 0.3) is 0 Å². The first kappa shape index (κ1) is 15.2. The van der Waals surface area contributed by atoms with Crippen LogP contribution in [0.2, 0.25) is 0 Å². The Morgan fingerprint density at radius 3 is 2.48 bits per heavy atom. The molecule has 0 spiro atoms. The Labute approximate surface area is 130 Å². The van der Waals surface area contributed by atoms with Gasteiger partial charge in [-0.05, 0) is 30.7 Å². The van der Waals surface area contributed by atoms with Gasteiger partial charge in [0, 0.05) is 23.5 Å². The molecule has 0 unspecified atom stereocenters. The summed E-state index contributed by atoms with van der Waals surface area (Å²) in [7, 11) is 0. The number of benzene rings is 2. The molecule has 1 heterocycles. The first-order chi connectivity index (χ1) is 10.9. The van der Waals surface area contributed by atoms with Crippen LogP contribution < -0.4 is 16.0 Å². The number of hydrogen-bond acceptors (Lipinski definition) is 2. The van der Waals surface area contributed by atoms with Crippen molar-refractivity contribution in [3.63, 3.8) is 0 Å². The summed E-state index contributed by atoms with van der Waals surface area (Å²) in [6.45, 7) is 0.770. The van der Waals surface area contributed by atoms with Crippen LogP contribution in [0.3, 0.4) is 0 Å². The number of rotatable bonds is 2. The van der Waals surface area contributed by atoms with E-state index in [2.05, 4.69) is 16.0 Å². The van der Waals surface area contributed by atoms with Gasteiger partial charge in [-0.15, -0.1) is 0 Å². The Morgan fingerprint density at radius 2 is 1.70 bits per heavy atom. The molecule has 2 aromatic rings. The normalized spacial score (nSPS) is 13.2. The summed E-state index contributed by atoms with van der Waals surface area (Å²) in [6.07, 6.45) is -3.77. The predicted molar refractivity (Wildman–Crippen MR) is 82.7 cm³/mol. The highest BCUT2D eigenvalue weighted by Crippen LogP contribution is 2.35. The van der Waals surface area contributed by atoms with Gasteiger partial charge in [-0.25, -0.2) is 4.79 Å². The molecule has 2 aromatic carbocycles. The van der Waals surface area contributed by atoms with E-state index in [1.807, 2.05) is 6.07 Å². The highest BCUT2D eigenvalue weighted by atomic mass is 19.4. The molecule has 1 aliphatic rings. The second kappa shape index (κ2) is 5.83. The van der Waals surface area contributed by atoms with Crippen molar-refractivity contribution in [2.75, 3.05) is 22.5 Å². The maximum Gasteiger partial charge on any atom is 0.418 e. The lowest BCUT2D eigenvalue weighted by Gasteiger charge is -2.15. The van der Waals surface area contributed by atoms with Crippen molar-refractivity contribution < 1.29 is 18.0 Å². The molecule has 0 saturated heterocycles. The highest BCUT2D eigenvalue weighted by molar-refractivity contribution is 6.01. The number of hydrogen-bond donors (Lipinski definition) is 3.